The van der Waals surface area contributed by atoms with Gasteiger partial charge in [-0.05, 0) is 56.4 Å². The SMILES string of the molecule is CN=C(NCCc1csc(N2CCCC2)n1)NC1CCCN(c2ccc(F)cc2C)C1. The van der Waals surface area contributed by atoms with Crippen molar-refractivity contribution in [2.24, 2.45) is 4.99 Å². The number of hydrogen-bond acceptors (Lipinski definition) is 5. The lowest BCUT2D eigenvalue weighted by Crippen LogP contribution is -2.51. The predicted molar refractivity (Wildman–Crippen MR) is 128 cm³/mol. The van der Waals surface area contributed by atoms with Crippen LogP contribution in [0.1, 0.15) is 36.9 Å². The van der Waals surface area contributed by atoms with E-state index in [9.17, 15) is 4.39 Å². The largest absolute Gasteiger partial charge is 0.369 e. The molecule has 2 N–H and O–H groups in total. The Labute approximate surface area is 188 Å². The first kappa shape index (κ1) is 21.9. The van der Waals surface area contributed by atoms with Gasteiger partial charge in [-0.1, -0.05) is 0 Å². The second-order valence-corrected chi connectivity index (χ2v) is 9.26. The third-order valence-corrected chi connectivity index (χ3v) is 7.03. The van der Waals surface area contributed by atoms with Crippen LogP contribution in [0, 0.1) is 12.7 Å². The Kier molecular flexibility index (Phi) is 7.27. The molecule has 6 nitrogen and oxygen atoms in total. The number of nitrogens with zero attached hydrogens (tertiary/aromatic N) is 4. The molecule has 2 fully saturated rings. The molecule has 0 radical (unpaired) electrons. The Morgan fingerprint density at radius 2 is 2.03 bits per heavy atom. The number of piperidine rings is 1. The van der Waals surface area contributed by atoms with E-state index in [2.05, 4.69) is 30.8 Å². The fraction of sp³-hybridized carbons (Fsp3) is 0.565. The van der Waals surface area contributed by atoms with E-state index in [0.29, 0.717) is 6.04 Å². The first-order chi connectivity index (χ1) is 15.1. The van der Waals surface area contributed by atoms with E-state index in [1.165, 1.54) is 12.8 Å². The van der Waals surface area contributed by atoms with Gasteiger partial charge in [0.15, 0.2) is 11.1 Å². The number of aromatic nitrogens is 1. The van der Waals surface area contributed by atoms with E-state index >= 15 is 0 Å². The molecule has 1 unspecified atom stereocenters. The lowest BCUT2D eigenvalue weighted by atomic mass is 10.0. The molecule has 8 heteroatoms. The van der Waals surface area contributed by atoms with Crippen molar-refractivity contribution in [1.82, 2.24) is 15.6 Å². The van der Waals surface area contributed by atoms with Gasteiger partial charge in [0.1, 0.15) is 5.82 Å². The lowest BCUT2D eigenvalue weighted by Gasteiger charge is -2.36. The summed E-state index contributed by atoms with van der Waals surface area (Å²) < 4.78 is 13.5. The van der Waals surface area contributed by atoms with Crippen molar-refractivity contribution >= 4 is 28.1 Å². The maximum absolute atomic E-state index is 13.5. The molecule has 2 aliphatic heterocycles. The summed E-state index contributed by atoms with van der Waals surface area (Å²) in [7, 11) is 1.81. The molecule has 31 heavy (non-hydrogen) atoms. The molecule has 0 spiro atoms. The highest BCUT2D eigenvalue weighted by molar-refractivity contribution is 7.13. The molecule has 4 rings (SSSR count). The molecule has 168 valence electrons. The van der Waals surface area contributed by atoms with Crippen LogP contribution in [0.4, 0.5) is 15.2 Å². The maximum Gasteiger partial charge on any atom is 0.191 e. The minimum Gasteiger partial charge on any atom is -0.369 e. The Hall–Kier alpha value is -2.35. The number of hydrogen-bond donors (Lipinski definition) is 2. The number of halogens is 1. The third kappa shape index (κ3) is 5.67. The van der Waals surface area contributed by atoms with Gasteiger partial charge >= 0.3 is 0 Å². The summed E-state index contributed by atoms with van der Waals surface area (Å²) in [5.74, 6) is 0.655. The first-order valence-corrected chi connectivity index (χ1v) is 12.2. The molecule has 1 aromatic heterocycles. The average Bonchev–Trinajstić information content (AvgIpc) is 3.45. The zero-order valence-electron chi connectivity index (χ0n) is 18.5. The highest BCUT2D eigenvalue weighted by atomic mass is 32.1. The van der Waals surface area contributed by atoms with Gasteiger partial charge < -0.3 is 20.4 Å². The van der Waals surface area contributed by atoms with E-state index in [4.69, 9.17) is 4.98 Å². The molecule has 0 bridgehead atoms. The summed E-state index contributed by atoms with van der Waals surface area (Å²) in [4.78, 5) is 13.9. The number of benzene rings is 1. The Balaban J connectivity index is 1.26. The number of aryl methyl sites for hydroxylation is 1. The first-order valence-electron chi connectivity index (χ1n) is 11.3. The standard InChI is InChI=1S/C23H33FN6S/c1-17-14-18(24)7-8-21(17)30-13-5-6-19(15-30)27-22(25-2)26-10-9-20-16-31-23(28-20)29-11-3-4-12-29/h7-8,14,16,19H,3-6,9-13,15H2,1-2H3,(H2,25,26,27). The third-order valence-electron chi connectivity index (χ3n) is 6.08. The van der Waals surface area contributed by atoms with Crippen molar-refractivity contribution in [1.29, 1.82) is 0 Å². The lowest BCUT2D eigenvalue weighted by molar-refractivity contribution is 0.467. The normalized spacial score (nSPS) is 19.7. The van der Waals surface area contributed by atoms with Gasteiger partial charge in [-0.25, -0.2) is 9.37 Å². The van der Waals surface area contributed by atoms with Crippen molar-refractivity contribution in [3.8, 4) is 0 Å². The number of guanidine groups is 1. The summed E-state index contributed by atoms with van der Waals surface area (Å²) in [6.45, 7) is 6.94. The van der Waals surface area contributed by atoms with Gasteiger partial charge in [0, 0.05) is 63.3 Å². The van der Waals surface area contributed by atoms with Crippen molar-refractivity contribution in [2.75, 3.05) is 49.6 Å². The smallest absolute Gasteiger partial charge is 0.191 e. The number of nitrogens with one attached hydrogen (secondary N) is 2. The molecule has 1 atom stereocenters. The summed E-state index contributed by atoms with van der Waals surface area (Å²) in [5, 5.41) is 10.3. The second kappa shape index (κ2) is 10.3. The van der Waals surface area contributed by atoms with E-state index in [1.807, 2.05) is 20.0 Å². The summed E-state index contributed by atoms with van der Waals surface area (Å²) in [6.07, 6.45) is 5.64. The van der Waals surface area contributed by atoms with Crippen LogP contribution in [0.5, 0.6) is 0 Å². The van der Waals surface area contributed by atoms with Crippen LogP contribution in [-0.2, 0) is 6.42 Å². The van der Waals surface area contributed by atoms with Gasteiger partial charge in [0.2, 0.25) is 0 Å². The van der Waals surface area contributed by atoms with Crippen molar-refractivity contribution < 1.29 is 4.39 Å². The number of aliphatic imine (C=N–C) groups is 1. The van der Waals surface area contributed by atoms with Crippen LogP contribution in [0.3, 0.4) is 0 Å². The Morgan fingerprint density at radius 1 is 1.23 bits per heavy atom. The van der Waals surface area contributed by atoms with E-state index < -0.39 is 0 Å². The van der Waals surface area contributed by atoms with Gasteiger partial charge in [-0.3, -0.25) is 4.99 Å². The van der Waals surface area contributed by atoms with Gasteiger partial charge in [0.25, 0.3) is 0 Å². The van der Waals surface area contributed by atoms with Crippen LogP contribution in [0.15, 0.2) is 28.6 Å². The van der Waals surface area contributed by atoms with Crippen LogP contribution in [-0.4, -0.2) is 56.8 Å². The molecule has 0 amide bonds. The van der Waals surface area contributed by atoms with Crippen LogP contribution >= 0.6 is 11.3 Å². The molecule has 3 heterocycles. The monoisotopic (exact) mass is 444 g/mol. The van der Waals surface area contributed by atoms with Crippen LogP contribution in [0.2, 0.25) is 0 Å². The molecule has 2 saturated heterocycles. The summed E-state index contributed by atoms with van der Waals surface area (Å²) in [6, 6.07) is 5.36. The summed E-state index contributed by atoms with van der Waals surface area (Å²) in [5.41, 5.74) is 3.25. The molecule has 2 aliphatic rings. The predicted octanol–water partition coefficient (Wildman–Crippen LogP) is 3.57. The van der Waals surface area contributed by atoms with Gasteiger partial charge in [0.05, 0.1) is 5.69 Å². The fourth-order valence-electron chi connectivity index (χ4n) is 4.45. The number of anilines is 2. The molecule has 0 aliphatic carbocycles. The molecule has 1 aromatic carbocycles. The van der Waals surface area contributed by atoms with Crippen molar-refractivity contribution in [2.45, 2.75) is 45.1 Å². The molecule has 0 saturated carbocycles. The van der Waals surface area contributed by atoms with E-state index in [0.717, 1.165) is 80.0 Å². The second-order valence-electron chi connectivity index (χ2n) is 8.42. The number of rotatable bonds is 6. The zero-order chi connectivity index (χ0) is 21.6. The van der Waals surface area contributed by atoms with E-state index in [-0.39, 0.29) is 5.82 Å². The Morgan fingerprint density at radius 3 is 2.81 bits per heavy atom. The minimum atomic E-state index is -0.176. The quantitative estimate of drug-likeness (QED) is 0.527. The Bertz CT molecular complexity index is 892. The molecular weight excluding hydrogens is 411 g/mol. The fourth-order valence-corrected chi connectivity index (χ4v) is 5.36. The average molecular weight is 445 g/mol. The van der Waals surface area contributed by atoms with Gasteiger partial charge in [-0.2, -0.15) is 0 Å². The highest BCUT2D eigenvalue weighted by Gasteiger charge is 2.22. The molecular formula is C23H33FN6S. The summed E-state index contributed by atoms with van der Waals surface area (Å²) >= 11 is 1.75. The highest BCUT2D eigenvalue weighted by Crippen LogP contribution is 2.25. The molecule has 2 aromatic rings. The van der Waals surface area contributed by atoms with Crippen LogP contribution in [0.25, 0.3) is 0 Å². The van der Waals surface area contributed by atoms with Gasteiger partial charge in [-0.15, -0.1) is 11.3 Å². The minimum absolute atomic E-state index is 0.176. The number of thiazole rings is 1. The van der Waals surface area contributed by atoms with Crippen LogP contribution < -0.4 is 20.4 Å². The topological polar surface area (TPSA) is 55.8 Å². The van der Waals surface area contributed by atoms with Crippen molar-refractivity contribution in [3.05, 3.63) is 40.7 Å². The zero-order valence-corrected chi connectivity index (χ0v) is 19.3. The maximum atomic E-state index is 13.5. The van der Waals surface area contributed by atoms with Crippen molar-refractivity contribution in [3.63, 3.8) is 0 Å². The van der Waals surface area contributed by atoms with E-state index in [1.54, 1.807) is 23.5 Å².